The molecule has 0 aliphatic rings. The Hall–Kier alpha value is -1.77. The van der Waals surface area contributed by atoms with E-state index in [0.717, 1.165) is 11.8 Å². The molecule has 0 amide bonds. The van der Waals surface area contributed by atoms with Gasteiger partial charge in [-0.2, -0.15) is 0 Å². The van der Waals surface area contributed by atoms with E-state index >= 15 is 0 Å². The van der Waals surface area contributed by atoms with Crippen molar-refractivity contribution in [2.24, 2.45) is 0 Å². The van der Waals surface area contributed by atoms with E-state index in [0.29, 0.717) is 12.2 Å². The monoisotopic (exact) mass is 336 g/mol. The summed E-state index contributed by atoms with van der Waals surface area (Å²) in [5, 5.41) is -0.601. The molecule has 0 N–H and O–H groups in total. The second-order valence-electron chi connectivity index (χ2n) is 4.16. The Morgan fingerprint density at radius 3 is 1.86 bits per heavy atom. The molecule has 0 aromatic heterocycles. The van der Waals surface area contributed by atoms with E-state index in [-0.39, 0.29) is 6.42 Å². The third kappa shape index (κ3) is 12.0. The van der Waals surface area contributed by atoms with Crippen LogP contribution in [0.2, 0.25) is 0 Å². The maximum absolute atomic E-state index is 11.4. The molecule has 0 aliphatic carbocycles. The summed E-state index contributed by atoms with van der Waals surface area (Å²) in [6.45, 7) is 5.28. The third-order valence-electron chi connectivity index (χ3n) is 1.97. The highest BCUT2D eigenvalue weighted by atomic mass is 32.2. The Labute approximate surface area is 132 Å². The van der Waals surface area contributed by atoms with Crippen molar-refractivity contribution in [3.8, 4) is 0 Å². The molecule has 0 aromatic rings. The Kier molecular flexibility index (Phi) is 10.0. The SMILES string of the molecule is CC(=O)O[C@@H](C)OC(=O)CCCSC(=O)O[C@H](C)OC(C)=O. The maximum atomic E-state index is 11.4. The van der Waals surface area contributed by atoms with Crippen LogP contribution in [0.5, 0.6) is 0 Å². The molecule has 0 heterocycles. The largest absolute Gasteiger partial charge is 0.426 e. The van der Waals surface area contributed by atoms with Gasteiger partial charge in [-0.05, 0) is 18.2 Å². The number of carbonyl (C=O) groups excluding carboxylic acids is 4. The first-order valence-corrected chi connectivity index (χ1v) is 7.56. The molecule has 0 bridgehead atoms. The number of carbonyl (C=O) groups is 4. The number of esters is 3. The van der Waals surface area contributed by atoms with Gasteiger partial charge in [0.25, 0.3) is 0 Å². The Balaban J connectivity index is 3.74. The second-order valence-corrected chi connectivity index (χ2v) is 5.19. The first-order valence-electron chi connectivity index (χ1n) is 6.58. The van der Waals surface area contributed by atoms with Crippen LogP contribution in [0.25, 0.3) is 0 Å². The molecule has 0 spiro atoms. The van der Waals surface area contributed by atoms with Gasteiger partial charge in [0, 0.05) is 39.9 Å². The minimum absolute atomic E-state index is 0.0748. The predicted molar refractivity (Wildman–Crippen MR) is 76.7 cm³/mol. The highest BCUT2D eigenvalue weighted by Gasteiger charge is 2.14. The topological polar surface area (TPSA) is 105 Å². The lowest BCUT2D eigenvalue weighted by Crippen LogP contribution is -2.20. The zero-order chi connectivity index (χ0) is 17.1. The fraction of sp³-hybridized carbons (Fsp3) is 0.692. The van der Waals surface area contributed by atoms with E-state index in [4.69, 9.17) is 9.47 Å². The van der Waals surface area contributed by atoms with Crippen molar-refractivity contribution in [3.05, 3.63) is 0 Å². The summed E-state index contributed by atoms with van der Waals surface area (Å²) in [7, 11) is 0. The summed E-state index contributed by atoms with van der Waals surface area (Å²) in [5.74, 6) is -1.28. The average molecular weight is 336 g/mol. The van der Waals surface area contributed by atoms with Crippen LogP contribution in [0, 0.1) is 0 Å². The second kappa shape index (κ2) is 10.9. The zero-order valence-electron chi connectivity index (χ0n) is 13.0. The fourth-order valence-corrected chi connectivity index (χ4v) is 1.96. The number of ether oxygens (including phenoxy) is 4. The molecular weight excluding hydrogens is 316 g/mol. The van der Waals surface area contributed by atoms with E-state index in [1.165, 1.54) is 27.7 Å². The lowest BCUT2D eigenvalue weighted by atomic mass is 10.3. The standard InChI is InChI=1S/C13H20O8S/c1-8(14)18-10(3)20-12(16)6-5-7-22-13(17)21-11(4)19-9(2)15/h10-11H,5-7H2,1-4H3/t10-,11-/m1/s1. The van der Waals surface area contributed by atoms with E-state index in [9.17, 15) is 19.2 Å². The van der Waals surface area contributed by atoms with E-state index in [1.54, 1.807) is 0 Å². The molecule has 0 radical (unpaired) electrons. The van der Waals surface area contributed by atoms with Gasteiger partial charge in [0.1, 0.15) is 0 Å². The summed E-state index contributed by atoms with van der Waals surface area (Å²) in [6, 6.07) is 0. The molecule has 8 nitrogen and oxygen atoms in total. The van der Waals surface area contributed by atoms with E-state index in [1.807, 2.05) is 0 Å². The van der Waals surface area contributed by atoms with Crippen molar-refractivity contribution in [2.45, 2.75) is 53.1 Å². The minimum Gasteiger partial charge on any atom is -0.426 e. The van der Waals surface area contributed by atoms with Gasteiger partial charge in [-0.1, -0.05) is 0 Å². The van der Waals surface area contributed by atoms with Crippen LogP contribution in [0.15, 0.2) is 0 Å². The van der Waals surface area contributed by atoms with Gasteiger partial charge in [-0.3, -0.25) is 14.4 Å². The van der Waals surface area contributed by atoms with Gasteiger partial charge in [-0.25, -0.2) is 4.79 Å². The van der Waals surface area contributed by atoms with Crippen LogP contribution in [-0.2, 0) is 33.3 Å². The van der Waals surface area contributed by atoms with Gasteiger partial charge in [0.2, 0.25) is 12.6 Å². The van der Waals surface area contributed by atoms with Crippen LogP contribution in [0.1, 0.15) is 40.5 Å². The number of rotatable bonds is 8. The fourth-order valence-electron chi connectivity index (χ4n) is 1.30. The van der Waals surface area contributed by atoms with E-state index in [2.05, 4.69) is 9.47 Å². The molecule has 0 rings (SSSR count). The van der Waals surface area contributed by atoms with Crippen LogP contribution < -0.4 is 0 Å². The molecular formula is C13H20O8S. The first kappa shape index (κ1) is 20.2. The van der Waals surface area contributed by atoms with E-state index < -0.39 is 35.8 Å². The third-order valence-corrected chi connectivity index (χ3v) is 2.79. The smallest absolute Gasteiger partial charge is 0.370 e. The highest BCUT2D eigenvalue weighted by Crippen LogP contribution is 2.11. The molecule has 9 heteroatoms. The molecule has 126 valence electrons. The Morgan fingerprint density at radius 2 is 1.36 bits per heavy atom. The molecule has 0 unspecified atom stereocenters. The Bertz CT molecular complexity index is 371. The zero-order valence-corrected chi connectivity index (χ0v) is 13.8. The Morgan fingerprint density at radius 1 is 0.864 bits per heavy atom. The average Bonchev–Trinajstić information content (AvgIpc) is 2.32. The van der Waals surface area contributed by atoms with Crippen molar-refractivity contribution < 1.29 is 38.1 Å². The summed E-state index contributed by atoms with van der Waals surface area (Å²) in [4.78, 5) is 44.0. The first-order chi connectivity index (χ1) is 10.2. The van der Waals surface area contributed by atoms with Gasteiger partial charge in [0.15, 0.2) is 0 Å². The van der Waals surface area contributed by atoms with Crippen LogP contribution >= 0.6 is 11.8 Å². The van der Waals surface area contributed by atoms with Crippen LogP contribution in [0.4, 0.5) is 4.79 Å². The van der Waals surface area contributed by atoms with Gasteiger partial charge in [-0.15, -0.1) is 0 Å². The molecule has 0 saturated heterocycles. The number of hydrogen-bond acceptors (Lipinski definition) is 9. The normalized spacial score (nSPS) is 12.7. The summed E-state index contributed by atoms with van der Waals surface area (Å²) < 4.78 is 18.9. The number of hydrogen-bond donors (Lipinski definition) is 0. The molecule has 0 fully saturated rings. The summed E-state index contributed by atoms with van der Waals surface area (Å²) in [5.41, 5.74) is 0. The molecule has 0 aromatic carbocycles. The summed E-state index contributed by atoms with van der Waals surface area (Å²) >= 11 is 0.858. The quantitative estimate of drug-likeness (QED) is 0.374. The predicted octanol–water partition coefficient (Wildman–Crippen LogP) is 2.00. The van der Waals surface area contributed by atoms with Gasteiger partial charge >= 0.3 is 23.2 Å². The van der Waals surface area contributed by atoms with Crippen molar-refractivity contribution in [3.63, 3.8) is 0 Å². The van der Waals surface area contributed by atoms with Gasteiger partial charge < -0.3 is 18.9 Å². The van der Waals surface area contributed by atoms with Crippen molar-refractivity contribution in [2.75, 3.05) is 5.75 Å². The summed E-state index contributed by atoms with van der Waals surface area (Å²) in [6.07, 6.45) is -1.43. The van der Waals surface area contributed by atoms with Crippen molar-refractivity contribution >= 4 is 35.0 Å². The lowest BCUT2D eigenvalue weighted by Gasteiger charge is -2.13. The molecule has 0 aliphatic heterocycles. The van der Waals surface area contributed by atoms with Crippen molar-refractivity contribution in [1.82, 2.24) is 0 Å². The van der Waals surface area contributed by atoms with Crippen molar-refractivity contribution in [1.29, 1.82) is 0 Å². The van der Waals surface area contributed by atoms with Gasteiger partial charge in [0.05, 0.1) is 0 Å². The number of thioether (sulfide) groups is 1. The molecule has 2 atom stereocenters. The lowest BCUT2D eigenvalue weighted by molar-refractivity contribution is -0.182. The van der Waals surface area contributed by atoms with Crippen LogP contribution in [-0.4, -0.2) is 41.5 Å². The maximum Gasteiger partial charge on any atom is 0.370 e. The van der Waals surface area contributed by atoms with Crippen LogP contribution in [0.3, 0.4) is 0 Å². The highest BCUT2D eigenvalue weighted by molar-refractivity contribution is 8.13. The molecule has 0 saturated carbocycles. The molecule has 22 heavy (non-hydrogen) atoms. The minimum atomic E-state index is -0.952.